The lowest BCUT2D eigenvalue weighted by Crippen LogP contribution is -2.30. The first-order valence-corrected chi connectivity index (χ1v) is 10.5. The second kappa shape index (κ2) is 11.1. The van der Waals surface area contributed by atoms with E-state index in [1.807, 2.05) is 0 Å². The van der Waals surface area contributed by atoms with Crippen LogP contribution in [0.4, 0.5) is 18.9 Å². The number of hydrogen-bond donors (Lipinski definition) is 0. The molecule has 0 saturated carbocycles. The van der Waals surface area contributed by atoms with Crippen molar-refractivity contribution >= 4 is 29.2 Å². The van der Waals surface area contributed by atoms with Gasteiger partial charge in [-0.05, 0) is 29.8 Å². The molecule has 3 aromatic carbocycles. The number of nitro benzene ring substituents is 1. The Balaban J connectivity index is 1.89. The first kappa shape index (κ1) is 26.5. The third-order valence-electron chi connectivity index (χ3n) is 4.85. The summed E-state index contributed by atoms with van der Waals surface area (Å²) < 4.78 is 54.0. The number of methoxy groups -OCH3 is 1. The van der Waals surface area contributed by atoms with Crippen LogP contribution in [0, 0.1) is 10.1 Å². The Morgan fingerprint density at radius 2 is 1.75 bits per heavy atom. The summed E-state index contributed by atoms with van der Waals surface area (Å²) in [4.78, 5) is 35.7. The van der Waals surface area contributed by atoms with E-state index in [1.54, 1.807) is 30.3 Å². The van der Waals surface area contributed by atoms with Gasteiger partial charge in [0.05, 0.1) is 22.6 Å². The van der Waals surface area contributed by atoms with Gasteiger partial charge in [0.2, 0.25) is 6.10 Å². The van der Waals surface area contributed by atoms with Gasteiger partial charge in [-0.25, -0.2) is 9.59 Å². The van der Waals surface area contributed by atoms with Gasteiger partial charge in [0.15, 0.2) is 0 Å². The molecule has 0 N–H and O–H groups in total. The number of nitrogens with zero attached hydrogens (tertiary/aromatic N) is 1. The standard InChI is InChI=1S/C24H17ClF3NO7/c1-34-23(31)21(11-14-5-3-2-4-6-14)36-22(30)17-13-16(8-9-19(17)29(32)33)35-20-10-7-15(12-18(20)25)24(26,27)28/h2-10,12-13,21H,11H2,1H3. The minimum atomic E-state index is -4.62. The third kappa shape index (κ3) is 6.51. The molecule has 1 unspecified atom stereocenters. The van der Waals surface area contributed by atoms with Crippen molar-refractivity contribution in [3.8, 4) is 11.5 Å². The SMILES string of the molecule is COC(=O)C(Cc1ccccc1)OC(=O)c1cc(Oc2ccc(C(F)(F)F)cc2Cl)ccc1[N+](=O)[O-]. The van der Waals surface area contributed by atoms with Crippen LogP contribution in [0.1, 0.15) is 21.5 Å². The summed E-state index contributed by atoms with van der Waals surface area (Å²) in [5.41, 5.74) is -1.55. The van der Waals surface area contributed by atoms with Crippen molar-refractivity contribution in [3.05, 3.63) is 98.6 Å². The predicted octanol–water partition coefficient (Wildman–Crippen LogP) is 6.00. The Morgan fingerprint density at radius 3 is 2.33 bits per heavy atom. The van der Waals surface area contributed by atoms with Crippen LogP contribution < -0.4 is 4.74 Å². The molecule has 0 saturated heterocycles. The molecule has 0 bridgehead atoms. The molecule has 3 aromatic rings. The zero-order valence-corrected chi connectivity index (χ0v) is 19.2. The number of benzene rings is 3. The van der Waals surface area contributed by atoms with E-state index in [0.29, 0.717) is 11.6 Å². The van der Waals surface area contributed by atoms with Crippen LogP contribution in [0.25, 0.3) is 0 Å². The molecule has 0 radical (unpaired) electrons. The number of rotatable bonds is 8. The molecule has 0 aliphatic rings. The summed E-state index contributed by atoms with van der Waals surface area (Å²) in [5, 5.41) is 11.1. The lowest BCUT2D eigenvalue weighted by atomic mass is 10.1. The number of alkyl halides is 3. The monoisotopic (exact) mass is 523 g/mol. The van der Waals surface area contributed by atoms with Crippen LogP contribution in [0.5, 0.6) is 11.5 Å². The highest BCUT2D eigenvalue weighted by Crippen LogP contribution is 2.37. The number of ether oxygens (including phenoxy) is 3. The molecular weight excluding hydrogens is 507 g/mol. The lowest BCUT2D eigenvalue weighted by molar-refractivity contribution is -0.385. The highest BCUT2D eigenvalue weighted by molar-refractivity contribution is 6.32. The van der Waals surface area contributed by atoms with Gasteiger partial charge in [-0.15, -0.1) is 0 Å². The quantitative estimate of drug-likeness (QED) is 0.202. The highest BCUT2D eigenvalue weighted by Gasteiger charge is 2.32. The molecule has 0 aliphatic carbocycles. The molecule has 0 spiro atoms. The maximum Gasteiger partial charge on any atom is 0.416 e. The van der Waals surface area contributed by atoms with Gasteiger partial charge in [-0.1, -0.05) is 41.9 Å². The van der Waals surface area contributed by atoms with Gasteiger partial charge < -0.3 is 14.2 Å². The molecule has 0 heterocycles. The number of halogens is 4. The Bertz CT molecular complexity index is 1280. The molecule has 8 nitrogen and oxygen atoms in total. The van der Waals surface area contributed by atoms with Crippen molar-refractivity contribution < 1.29 is 41.9 Å². The van der Waals surface area contributed by atoms with Crippen molar-refractivity contribution in [2.45, 2.75) is 18.7 Å². The molecule has 36 heavy (non-hydrogen) atoms. The fourth-order valence-corrected chi connectivity index (χ4v) is 3.33. The summed E-state index contributed by atoms with van der Waals surface area (Å²) in [6, 6.07) is 14.0. The summed E-state index contributed by atoms with van der Waals surface area (Å²) in [6.07, 6.45) is -6.08. The predicted molar refractivity (Wildman–Crippen MR) is 121 cm³/mol. The van der Waals surface area contributed by atoms with E-state index in [-0.39, 0.29) is 22.9 Å². The van der Waals surface area contributed by atoms with Gasteiger partial charge in [0.25, 0.3) is 5.69 Å². The molecule has 0 fully saturated rings. The summed E-state index contributed by atoms with van der Waals surface area (Å²) in [6.45, 7) is 0. The van der Waals surface area contributed by atoms with Gasteiger partial charge in [-0.2, -0.15) is 13.2 Å². The number of carbonyl (C=O) groups excluding carboxylic acids is 2. The zero-order valence-electron chi connectivity index (χ0n) is 18.5. The number of esters is 2. The third-order valence-corrected chi connectivity index (χ3v) is 5.14. The van der Waals surface area contributed by atoms with E-state index in [1.165, 1.54) is 0 Å². The maximum absolute atomic E-state index is 12.9. The van der Waals surface area contributed by atoms with Gasteiger partial charge in [0, 0.05) is 18.6 Å². The van der Waals surface area contributed by atoms with Crippen LogP contribution in [0.2, 0.25) is 5.02 Å². The van der Waals surface area contributed by atoms with Gasteiger partial charge >= 0.3 is 18.1 Å². The fraction of sp³-hybridized carbons (Fsp3) is 0.167. The van der Waals surface area contributed by atoms with Crippen molar-refractivity contribution in [3.63, 3.8) is 0 Å². The largest absolute Gasteiger partial charge is 0.466 e. The highest BCUT2D eigenvalue weighted by atomic mass is 35.5. The van der Waals surface area contributed by atoms with Crippen molar-refractivity contribution in [2.24, 2.45) is 0 Å². The first-order valence-electron chi connectivity index (χ1n) is 10.2. The van der Waals surface area contributed by atoms with E-state index in [4.69, 9.17) is 21.1 Å². The van der Waals surface area contributed by atoms with E-state index in [0.717, 1.165) is 37.4 Å². The Labute approximate surface area is 207 Å². The summed E-state index contributed by atoms with van der Waals surface area (Å²) in [5.74, 6) is -2.42. The number of carbonyl (C=O) groups is 2. The lowest BCUT2D eigenvalue weighted by Gasteiger charge is -2.16. The van der Waals surface area contributed by atoms with Crippen molar-refractivity contribution in [2.75, 3.05) is 7.11 Å². The topological polar surface area (TPSA) is 105 Å². The molecule has 1 atom stereocenters. The first-order chi connectivity index (χ1) is 17.0. The molecule has 12 heteroatoms. The Hall–Kier alpha value is -4.12. The maximum atomic E-state index is 12.9. The molecule has 188 valence electrons. The fourth-order valence-electron chi connectivity index (χ4n) is 3.11. The molecular formula is C24H17ClF3NO7. The van der Waals surface area contributed by atoms with Crippen LogP contribution in [-0.2, 0) is 26.9 Å². The normalized spacial score (nSPS) is 11.9. The summed E-state index contributed by atoms with van der Waals surface area (Å²) >= 11 is 5.89. The Morgan fingerprint density at radius 1 is 1.06 bits per heavy atom. The smallest absolute Gasteiger partial charge is 0.416 e. The number of hydrogen-bond acceptors (Lipinski definition) is 7. The van der Waals surface area contributed by atoms with Crippen molar-refractivity contribution in [1.29, 1.82) is 0 Å². The van der Waals surface area contributed by atoms with Crippen LogP contribution in [-0.4, -0.2) is 30.1 Å². The van der Waals surface area contributed by atoms with Crippen molar-refractivity contribution in [1.82, 2.24) is 0 Å². The minimum Gasteiger partial charge on any atom is -0.466 e. The Kier molecular flexibility index (Phi) is 8.15. The van der Waals surface area contributed by atoms with Crippen LogP contribution in [0.15, 0.2) is 66.7 Å². The average molecular weight is 524 g/mol. The second-order valence-corrected chi connectivity index (χ2v) is 7.70. The van der Waals surface area contributed by atoms with Crippen LogP contribution >= 0.6 is 11.6 Å². The molecule has 3 rings (SSSR count). The van der Waals surface area contributed by atoms with Gasteiger partial charge in [-0.3, -0.25) is 10.1 Å². The van der Waals surface area contributed by atoms with E-state index >= 15 is 0 Å². The van der Waals surface area contributed by atoms with E-state index < -0.39 is 46.0 Å². The summed E-state index contributed by atoms with van der Waals surface area (Å²) in [7, 11) is 1.10. The van der Waals surface area contributed by atoms with Crippen LogP contribution in [0.3, 0.4) is 0 Å². The van der Waals surface area contributed by atoms with E-state index in [9.17, 15) is 32.9 Å². The average Bonchev–Trinajstić information content (AvgIpc) is 2.84. The number of nitro groups is 1. The molecule has 0 aromatic heterocycles. The zero-order chi connectivity index (χ0) is 26.5. The van der Waals surface area contributed by atoms with E-state index in [2.05, 4.69) is 4.74 Å². The molecule has 0 aliphatic heterocycles. The minimum absolute atomic E-state index is 0.0512. The second-order valence-electron chi connectivity index (χ2n) is 7.29. The molecule has 0 amide bonds. The van der Waals surface area contributed by atoms with Gasteiger partial charge in [0.1, 0.15) is 17.1 Å².